The van der Waals surface area contributed by atoms with Gasteiger partial charge in [0, 0.05) is 43.3 Å². The smallest absolute Gasteiger partial charge is 0.253 e. The van der Waals surface area contributed by atoms with Crippen molar-refractivity contribution in [1.29, 1.82) is 0 Å². The largest absolute Gasteiger partial charge is 0.349 e. The van der Waals surface area contributed by atoms with Crippen LogP contribution in [-0.4, -0.2) is 44.7 Å². The third kappa shape index (κ3) is 4.48. The van der Waals surface area contributed by atoms with E-state index in [9.17, 15) is 4.79 Å². The van der Waals surface area contributed by atoms with E-state index in [1.807, 2.05) is 10.7 Å². The highest BCUT2D eigenvalue weighted by atomic mass is 16.1. The van der Waals surface area contributed by atoms with E-state index in [-0.39, 0.29) is 18.0 Å². The van der Waals surface area contributed by atoms with Gasteiger partial charge in [0.05, 0.1) is 11.8 Å². The van der Waals surface area contributed by atoms with E-state index in [0.29, 0.717) is 5.56 Å². The summed E-state index contributed by atoms with van der Waals surface area (Å²) >= 11 is 0. The van der Waals surface area contributed by atoms with Crippen LogP contribution in [0.1, 0.15) is 54.2 Å². The van der Waals surface area contributed by atoms with Crippen molar-refractivity contribution in [1.82, 2.24) is 25.0 Å². The first kappa shape index (κ1) is 19.6. The molecular formula is C23H29N5O. The maximum Gasteiger partial charge on any atom is 0.253 e. The number of aromatic nitrogens is 3. The fourth-order valence-corrected chi connectivity index (χ4v) is 4.02. The van der Waals surface area contributed by atoms with Gasteiger partial charge in [-0.25, -0.2) is 9.67 Å². The van der Waals surface area contributed by atoms with Crippen LogP contribution < -0.4 is 5.32 Å². The van der Waals surface area contributed by atoms with Gasteiger partial charge in [-0.05, 0) is 45.2 Å². The first-order valence-corrected chi connectivity index (χ1v) is 10.4. The molecule has 1 saturated heterocycles. The van der Waals surface area contributed by atoms with E-state index in [2.05, 4.69) is 65.3 Å². The minimum Gasteiger partial charge on any atom is -0.349 e. The monoisotopic (exact) mass is 391 g/mol. The molecule has 1 aromatic carbocycles. The molecule has 152 valence electrons. The molecule has 3 heterocycles. The Hall–Kier alpha value is -2.73. The van der Waals surface area contributed by atoms with E-state index >= 15 is 0 Å². The van der Waals surface area contributed by atoms with Gasteiger partial charge in [0.25, 0.3) is 5.91 Å². The van der Waals surface area contributed by atoms with Crippen LogP contribution >= 0.6 is 0 Å². The number of aryl methyl sites for hydroxylation is 1. The second-order valence-electron chi connectivity index (χ2n) is 8.33. The minimum absolute atomic E-state index is 0.0474. The van der Waals surface area contributed by atoms with E-state index in [1.165, 1.54) is 11.1 Å². The molecule has 1 fully saturated rings. The first-order valence-electron chi connectivity index (χ1n) is 10.4. The highest BCUT2D eigenvalue weighted by molar-refractivity contribution is 5.97. The summed E-state index contributed by atoms with van der Waals surface area (Å²) in [5.74, 6) is -0.0474. The van der Waals surface area contributed by atoms with Gasteiger partial charge in [0.1, 0.15) is 0 Å². The molecule has 6 heteroatoms. The van der Waals surface area contributed by atoms with Gasteiger partial charge in [-0.2, -0.15) is 5.10 Å². The topological polar surface area (TPSA) is 63.1 Å². The first-order chi connectivity index (χ1) is 14.0. The van der Waals surface area contributed by atoms with Crippen LogP contribution in [0.4, 0.5) is 0 Å². The Bertz CT molecular complexity index is 1000. The summed E-state index contributed by atoms with van der Waals surface area (Å²) < 4.78 is 1.88. The van der Waals surface area contributed by atoms with Crippen molar-refractivity contribution in [2.24, 2.45) is 0 Å². The van der Waals surface area contributed by atoms with E-state index in [1.54, 1.807) is 12.4 Å². The van der Waals surface area contributed by atoms with Gasteiger partial charge < -0.3 is 5.32 Å². The van der Waals surface area contributed by atoms with Crippen molar-refractivity contribution in [3.05, 3.63) is 59.4 Å². The molecule has 0 spiro atoms. The predicted octanol–water partition coefficient (Wildman–Crippen LogP) is 3.72. The molecule has 0 aliphatic carbocycles. The van der Waals surface area contributed by atoms with Crippen LogP contribution in [-0.2, 0) is 6.54 Å². The Balaban J connectivity index is 1.33. The van der Waals surface area contributed by atoms with Crippen LogP contribution in [0.25, 0.3) is 11.0 Å². The Morgan fingerprint density at radius 1 is 1.21 bits per heavy atom. The number of likely N-dealkylation sites (tertiary alicyclic amines) is 1. The Labute approximate surface area is 171 Å². The zero-order valence-electron chi connectivity index (χ0n) is 17.4. The molecule has 2 aromatic heterocycles. The summed E-state index contributed by atoms with van der Waals surface area (Å²) in [6, 6.07) is 11.0. The zero-order valence-corrected chi connectivity index (χ0v) is 17.4. The number of carbonyl (C=O) groups is 1. The summed E-state index contributed by atoms with van der Waals surface area (Å²) in [6.45, 7) is 9.24. The van der Waals surface area contributed by atoms with Gasteiger partial charge in [-0.15, -0.1) is 0 Å². The second-order valence-corrected chi connectivity index (χ2v) is 8.33. The van der Waals surface area contributed by atoms with Gasteiger partial charge in [0.15, 0.2) is 5.65 Å². The van der Waals surface area contributed by atoms with Gasteiger partial charge in [-0.1, -0.05) is 29.8 Å². The van der Waals surface area contributed by atoms with Crippen molar-refractivity contribution >= 4 is 16.9 Å². The normalized spacial score (nSPS) is 15.9. The molecule has 3 aromatic rings. The molecular weight excluding hydrogens is 362 g/mol. The number of piperidine rings is 1. The van der Waals surface area contributed by atoms with Crippen molar-refractivity contribution in [2.75, 3.05) is 13.1 Å². The van der Waals surface area contributed by atoms with Gasteiger partial charge >= 0.3 is 0 Å². The molecule has 0 radical (unpaired) electrons. The number of hydrogen-bond donors (Lipinski definition) is 1. The summed E-state index contributed by atoms with van der Waals surface area (Å²) in [6.07, 6.45) is 5.38. The Morgan fingerprint density at radius 3 is 2.72 bits per heavy atom. The molecule has 1 aliphatic rings. The fraction of sp³-hybridized carbons (Fsp3) is 0.435. The number of fused-ring (bicyclic) bond motifs is 1. The van der Waals surface area contributed by atoms with Crippen molar-refractivity contribution in [2.45, 2.75) is 52.2 Å². The molecule has 0 bridgehead atoms. The van der Waals surface area contributed by atoms with Gasteiger partial charge in [0.2, 0.25) is 0 Å². The number of nitrogens with zero attached hydrogens (tertiary/aromatic N) is 4. The quantitative estimate of drug-likeness (QED) is 0.720. The fourth-order valence-electron chi connectivity index (χ4n) is 4.02. The van der Waals surface area contributed by atoms with Crippen LogP contribution in [0.15, 0.2) is 42.7 Å². The summed E-state index contributed by atoms with van der Waals surface area (Å²) in [4.78, 5) is 19.7. The van der Waals surface area contributed by atoms with E-state index in [0.717, 1.165) is 43.5 Å². The number of carbonyl (C=O) groups excluding carboxylic acids is 1. The van der Waals surface area contributed by atoms with Crippen molar-refractivity contribution in [3.63, 3.8) is 0 Å². The van der Waals surface area contributed by atoms with Crippen molar-refractivity contribution in [3.8, 4) is 0 Å². The third-order valence-corrected chi connectivity index (χ3v) is 5.60. The predicted molar refractivity (Wildman–Crippen MR) is 115 cm³/mol. The molecule has 29 heavy (non-hydrogen) atoms. The highest BCUT2D eigenvalue weighted by Crippen LogP contribution is 2.18. The lowest BCUT2D eigenvalue weighted by atomic mass is 10.0. The van der Waals surface area contributed by atoms with Crippen molar-refractivity contribution < 1.29 is 4.79 Å². The van der Waals surface area contributed by atoms with Gasteiger partial charge in [-0.3, -0.25) is 9.69 Å². The zero-order chi connectivity index (χ0) is 20.4. The molecule has 1 amide bonds. The molecule has 0 unspecified atom stereocenters. The second kappa shape index (κ2) is 8.33. The SMILES string of the molecule is Cc1cccc(CN2CCC(NC(=O)c3cnc4c(cnn4C(C)C)c3)CC2)c1. The maximum absolute atomic E-state index is 12.7. The number of benzene rings is 1. The lowest BCUT2D eigenvalue weighted by molar-refractivity contribution is 0.0908. The molecule has 1 aliphatic heterocycles. The number of rotatable bonds is 5. The lowest BCUT2D eigenvalue weighted by Gasteiger charge is -2.32. The number of nitrogens with one attached hydrogen (secondary N) is 1. The Morgan fingerprint density at radius 2 is 2.00 bits per heavy atom. The average molecular weight is 392 g/mol. The lowest BCUT2D eigenvalue weighted by Crippen LogP contribution is -2.44. The van der Waals surface area contributed by atoms with E-state index < -0.39 is 0 Å². The molecule has 1 N–H and O–H groups in total. The molecule has 4 rings (SSSR count). The van der Waals surface area contributed by atoms with Crippen LogP contribution in [0.2, 0.25) is 0 Å². The van der Waals surface area contributed by atoms with Crippen LogP contribution in [0.5, 0.6) is 0 Å². The number of pyridine rings is 1. The maximum atomic E-state index is 12.7. The van der Waals surface area contributed by atoms with Crippen LogP contribution in [0, 0.1) is 6.92 Å². The highest BCUT2D eigenvalue weighted by Gasteiger charge is 2.22. The molecule has 0 saturated carbocycles. The average Bonchev–Trinajstić information content (AvgIpc) is 3.13. The number of hydrogen-bond acceptors (Lipinski definition) is 4. The molecule has 6 nitrogen and oxygen atoms in total. The third-order valence-electron chi connectivity index (χ3n) is 5.60. The standard InChI is InChI=1S/C23H29N5O/c1-16(2)28-22-19(14-25-28)12-20(13-24-22)23(29)26-21-7-9-27(10-8-21)15-18-6-4-5-17(3)11-18/h4-6,11-14,16,21H,7-10,15H2,1-3H3,(H,26,29). The summed E-state index contributed by atoms with van der Waals surface area (Å²) in [5, 5.41) is 8.47. The van der Waals surface area contributed by atoms with Crippen LogP contribution in [0.3, 0.4) is 0 Å². The Kier molecular flexibility index (Phi) is 5.62. The molecule has 0 atom stereocenters. The minimum atomic E-state index is -0.0474. The van der Waals surface area contributed by atoms with E-state index in [4.69, 9.17) is 0 Å². The summed E-state index contributed by atoms with van der Waals surface area (Å²) in [7, 11) is 0. The summed E-state index contributed by atoms with van der Waals surface area (Å²) in [5.41, 5.74) is 4.08. The number of amides is 1.